The first kappa shape index (κ1) is 16.4. The first-order valence-corrected chi connectivity index (χ1v) is 7.93. The summed E-state index contributed by atoms with van der Waals surface area (Å²) in [6, 6.07) is 9.27. The Kier molecular flexibility index (Phi) is 5.08. The Morgan fingerprint density at radius 3 is 3.08 bits per heavy atom. The molecule has 0 spiro atoms. The number of hydrogen-bond donors (Lipinski definition) is 3. The minimum absolute atomic E-state index is 0.0971. The van der Waals surface area contributed by atoms with Crippen molar-refractivity contribution >= 4 is 5.91 Å². The van der Waals surface area contributed by atoms with Crippen molar-refractivity contribution in [2.24, 2.45) is 0 Å². The highest BCUT2D eigenvalue weighted by molar-refractivity contribution is 5.93. The predicted molar refractivity (Wildman–Crippen MR) is 89.9 cm³/mol. The summed E-state index contributed by atoms with van der Waals surface area (Å²) in [5.74, 6) is 0.598. The summed E-state index contributed by atoms with van der Waals surface area (Å²) in [4.78, 5) is 15.9. The van der Waals surface area contributed by atoms with E-state index in [9.17, 15) is 9.90 Å². The molecule has 3 rings (SSSR count). The van der Waals surface area contributed by atoms with E-state index in [1.165, 1.54) is 17.3 Å². The Hall–Kier alpha value is -2.44. The van der Waals surface area contributed by atoms with Gasteiger partial charge in [0.25, 0.3) is 5.91 Å². The average Bonchev–Trinajstić information content (AvgIpc) is 2.65. The molecule has 3 N–H and O–H groups in total. The number of hydrogen-bond acceptors (Lipinski definition) is 5. The third-order valence-electron chi connectivity index (χ3n) is 4.27. The van der Waals surface area contributed by atoms with Crippen molar-refractivity contribution in [2.45, 2.75) is 25.1 Å². The van der Waals surface area contributed by atoms with Crippen molar-refractivity contribution in [2.75, 3.05) is 13.7 Å². The van der Waals surface area contributed by atoms with Gasteiger partial charge in [0.05, 0.1) is 18.8 Å². The van der Waals surface area contributed by atoms with E-state index in [-0.39, 0.29) is 18.5 Å². The molecule has 0 fully saturated rings. The van der Waals surface area contributed by atoms with Crippen LogP contribution in [-0.4, -0.2) is 41.8 Å². The van der Waals surface area contributed by atoms with Crippen molar-refractivity contribution in [3.8, 4) is 5.75 Å². The number of nitrogens with one attached hydrogen (secondary N) is 2. The van der Waals surface area contributed by atoms with E-state index < -0.39 is 6.10 Å². The van der Waals surface area contributed by atoms with Gasteiger partial charge in [0.1, 0.15) is 5.75 Å². The molecule has 1 unspecified atom stereocenters. The highest BCUT2D eigenvalue weighted by atomic mass is 16.5. The number of aliphatic hydroxyl groups excluding tert-OH is 1. The highest BCUT2D eigenvalue weighted by Gasteiger charge is 2.25. The monoisotopic (exact) mass is 327 g/mol. The van der Waals surface area contributed by atoms with E-state index >= 15 is 0 Å². The van der Waals surface area contributed by atoms with E-state index in [4.69, 9.17) is 4.74 Å². The van der Waals surface area contributed by atoms with Gasteiger partial charge in [-0.15, -0.1) is 0 Å². The van der Waals surface area contributed by atoms with Crippen LogP contribution < -0.4 is 15.4 Å². The fourth-order valence-electron chi connectivity index (χ4n) is 2.85. The minimum atomic E-state index is -0.666. The molecule has 126 valence electrons. The molecule has 1 aromatic carbocycles. The van der Waals surface area contributed by atoms with Crippen LogP contribution in [0.1, 0.15) is 21.5 Å². The first-order valence-electron chi connectivity index (χ1n) is 7.93. The number of aromatic nitrogens is 1. The number of amides is 1. The lowest BCUT2D eigenvalue weighted by Crippen LogP contribution is -2.49. The second-order valence-corrected chi connectivity index (χ2v) is 5.85. The molecule has 0 saturated carbocycles. The Morgan fingerprint density at radius 1 is 1.46 bits per heavy atom. The van der Waals surface area contributed by atoms with E-state index in [2.05, 4.69) is 15.6 Å². The van der Waals surface area contributed by atoms with Gasteiger partial charge in [-0.1, -0.05) is 6.07 Å². The first-order chi connectivity index (χ1) is 11.7. The van der Waals surface area contributed by atoms with Crippen LogP contribution in [0.2, 0.25) is 0 Å². The van der Waals surface area contributed by atoms with Crippen LogP contribution >= 0.6 is 0 Å². The number of fused-ring (bicyclic) bond motifs is 1. The number of aliphatic hydroxyl groups is 1. The zero-order valence-corrected chi connectivity index (χ0v) is 13.5. The largest absolute Gasteiger partial charge is 0.497 e. The van der Waals surface area contributed by atoms with Crippen molar-refractivity contribution in [1.29, 1.82) is 0 Å². The van der Waals surface area contributed by atoms with Crippen LogP contribution in [0.4, 0.5) is 0 Å². The number of rotatable bonds is 5. The number of carbonyl (C=O) groups excluding carboxylic acids is 1. The summed E-state index contributed by atoms with van der Waals surface area (Å²) >= 11 is 0. The standard InChI is InChI=1S/C18H21N3O3/c1-24-15-5-4-12-8-16(20-10-14(12)7-15)17(22)11-21-18(23)13-3-2-6-19-9-13/h2-7,9,16-17,20,22H,8,10-11H2,1H3,(H,21,23)/t16-,17?/m0/s1. The second kappa shape index (κ2) is 7.42. The van der Waals surface area contributed by atoms with Gasteiger partial charge in [-0.05, 0) is 41.8 Å². The van der Waals surface area contributed by atoms with Crippen molar-refractivity contribution < 1.29 is 14.6 Å². The van der Waals surface area contributed by atoms with Crippen LogP contribution in [0.5, 0.6) is 5.75 Å². The summed E-state index contributed by atoms with van der Waals surface area (Å²) in [5.41, 5.74) is 2.85. The molecule has 1 aliphatic heterocycles. The molecule has 24 heavy (non-hydrogen) atoms. The Balaban J connectivity index is 1.56. The third kappa shape index (κ3) is 3.72. The van der Waals surface area contributed by atoms with Crippen molar-refractivity contribution in [3.63, 3.8) is 0 Å². The number of pyridine rings is 1. The number of benzene rings is 1. The zero-order chi connectivity index (χ0) is 16.9. The molecule has 6 nitrogen and oxygen atoms in total. The quantitative estimate of drug-likeness (QED) is 0.760. The summed E-state index contributed by atoms with van der Waals surface area (Å²) in [5, 5.41) is 16.4. The van der Waals surface area contributed by atoms with Crippen molar-refractivity contribution in [3.05, 3.63) is 59.4 Å². The number of ether oxygens (including phenoxy) is 1. The van der Waals surface area contributed by atoms with Crippen LogP contribution in [0.3, 0.4) is 0 Å². The maximum Gasteiger partial charge on any atom is 0.252 e. The normalized spacial score (nSPS) is 17.7. The van der Waals surface area contributed by atoms with Gasteiger partial charge >= 0.3 is 0 Å². The Bertz CT molecular complexity index is 706. The molecule has 2 atom stereocenters. The van der Waals surface area contributed by atoms with Crippen LogP contribution in [0.15, 0.2) is 42.7 Å². The van der Waals surface area contributed by atoms with E-state index in [1.807, 2.05) is 18.2 Å². The lowest BCUT2D eigenvalue weighted by Gasteiger charge is -2.30. The van der Waals surface area contributed by atoms with Crippen LogP contribution in [0.25, 0.3) is 0 Å². The van der Waals surface area contributed by atoms with Gasteiger partial charge in [-0.3, -0.25) is 9.78 Å². The summed E-state index contributed by atoms with van der Waals surface area (Å²) < 4.78 is 5.23. The zero-order valence-electron chi connectivity index (χ0n) is 13.5. The average molecular weight is 327 g/mol. The SMILES string of the molecule is COc1ccc2c(c1)CN[C@H](C(O)CNC(=O)c1cccnc1)C2. The topological polar surface area (TPSA) is 83.5 Å². The number of nitrogens with zero attached hydrogens (tertiary/aromatic N) is 1. The molecular weight excluding hydrogens is 306 g/mol. The van der Waals surface area contributed by atoms with Gasteiger partial charge in [0, 0.05) is 31.5 Å². The number of methoxy groups -OCH3 is 1. The summed E-state index contributed by atoms with van der Waals surface area (Å²) in [6.07, 6.45) is 3.16. The van der Waals surface area contributed by atoms with Crippen LogP contribution in [0, 0.1) is 0 Å². The maximum absolute atomic E-state index is 12.0. The van der Waals surface area contributed by atoms with Crippen molar-refractivity contribution in [1.82, 2.24) is 15.6 Å². The van der Waals surface area contributed by atoms with Gasteiger partial charge in [-0.2, -0.15) is 0 Å². The maximum atomic E-state index is 12.0. The van der Waals surface area contributed by atoms with Gasteiger partial charge in [0.2, 0.25) is 0 Å². The third-order valence-corrected chi connectivity index (χ3v) is 4.27. The van der Waals surface area contributed by atoms with E-state index in [1.54, 1.807) is 25.4 Å². The van der Waals surface area contributed by atoms with Gasteiger partial charge in [-0.25, -0.2) is 0 Å². The molecule has 6 heteroatoms. The Morgan fingerprint density at radius 2 is 2.33 bits per heavy atom. The van der Waals surface area contributed by atoms with E-state index in [0.29, 0.717) is 18.5 Å². The van der Waals surface area contributed by atoms with Gasteiger partial charge < -0.3 is 20.5 Å². The Labute approximate surface area is 140 Å². The van der Waals surface area contributed by atoms with Crippen LogP contribution in [-0.2, 0) is 13.0 Å². The lowest BCUT2D eigenvalue weighted by atomic mass is 9.92. The molecule has 1 aliphatic rings. The molecule has 0 bridgehead atoms. The summed E-state index contributed by atoms with van der Waals surface area (Å²) in [6.45, 7) is 0.863. The molecule has 0 radical (unpaired) electrons. The molecule has 0 aliphatic carbocycles. The molecular formula is C18H21N3O3. The van der Waals surface area contributed by atoms with Gasteiger partial charge in [0.15, 0.2) is 0 Å². The smallest absolute Gasteiger partial charge is 0.252 e. The van der Waals surface area contributed by atoms with E-state index in [0.717, 1.165) is 5.75 Å². The molecule has 2 heterocycles. The summed E-state index contributed by atoms with van der Waals surface area (Å²) in [7, 11) is 1.65. The predicted octanol–water partition coefficient (Wildman–Crippen LogP) is 0.895. The lowest BCUT2D eigenvalue weighted by molar-refractivity contribution is 0.0869. The number of carbonyl (C=O) groups is 1. The highest BCUT2D eigenvalue weighted by Crippen LogP contribution is 2.23. The fourth-order valence-corrected chi connectivity index (χ4v) is 2.85. The molecule has 1 aromatic heterocycles. The fraction of sp³-hybridized carbons (Fsp3) is 0.333. The second-order valence-electron chi connectivity index (χ2n) is 5.85. The minimum Gasteiger partial charge on any atom is -0.497 e. The molecule has 0 saturated heterocycles. The molecule has 1 amide bonds. The molecule has 2 aromatic rings.